The van der Waals surface area contributed by atoms with Crippen LogP contribution in [0.1, 0.15) is 21.2 Å². The van der Waals surface area contributed by atoms with Crippen LogP contribution in [0.25, 0.3) is 0 Å². The zero-order valence-electron chi connectivity index (χ0n) is 14.1. The van der Waals surface area contributed by atoms with Gasteiger partial charge in [0.15, 0.2) is 0 Å². The van der Waals surface area contributed by atoms with Crippen LogP contribution in [0.4, 0.5) is 5.69 Å². The highest BCUT2D eigenvalue weighted by Gasteiger charge is 2.25. The number of benzene rings is 3. The highest BCUT2D eigenvalue weighted by atomic mass is 35.5. The van der Waals surface area contributed by atoms with Gasteiger partial charge in [-0.1, -0.05) is 48.0 Å². The molecule has 0 aliphatic rings. The molecular weight excluding hydrogens is 382 g/mol. The lowest BCUT2D eigenvalue weighted by Crippen LogP contribution is -2.16. The summed E-state index contributed by atoms with van der Waals surface area (Å²) in [6, 6.07) is 22.8. The predicted octanol–water partition coefficient (Wildman–Crippen LogP) is 5.51. The number of carboxylic acid groups (broad SMARTS) is 1. The van der Waals surface area contributed by atoms with E-state index in [1.165, 1.54) is 11.8 Å². The second-order valence-corrected chi connectivity index (χ2v) is 7.32. The summed E-state index contributed by atoms with van der Waals surface area (Å²) in [5.41, 5.74) is 1.35. The van der Waals surface area contributed by atoms with Gasteiger partial charge in [0.1, 0.15) is 5.25 Å². The molecule has 0 radical (unpaired) electrons. The maximum atomic E-state index is 12.5. The molecule has 3 rings (SSSR count). The SMILES string of the molecule is O=C(Nc1ccc(Cl)cc1C(Sc1ccccc1)C(=O)O)c1ccccc1. The minimum Gasteiger partial charge on any atom is -0.480 e. The largest absolute Gasteiger partial charge is 0.480 e. The molecule has 3 aromatic rings. The minimum absolute atomic E-state index is 0.312. The normalized spacial score (nSPS) is 11.6. The molecule has 0 heterocycles. The molecule has 0 saturated heterocycles. The van der Waals surface area contributed by atoms with Gasteiger partial charge < -0.3 is 10.4 Å². The summed E-state index contributed by atoms with van der Waals surface area (Å²) in [6.07, 6.45) is 0. The predicted molar refractivity (Wildman–Crippen MR) is 109 cm³/mol. The molecule has 1 unspecified atom stereocenters. The number of halogens is 1. The Bertz CT molecular complexity index is 948. The Balaban J connectivity index is 1.94. The van der Waals surface area contributed by atoms with Gasteiger partial charge in [-0.15, -0.1) is 11.8 Å². The number of amides is 1. The molecule has 3 aromatic carbocycles. The molecule has 0 aliphatic carbocycles. The van der Waals surface area contributed by atoms with E-state index in [2.05, 4.69) is 5.32 Å². The van der Waals surface area contributed by atoms with E-state index in [1.807, 2.05) is 36.4 Å². The Morgan fingerprint density at radius 1 is 0.926 bits per heavy atom. The van der Waals surface area contributed by atoms with Crippen LogP contribution in [0.3, 0.4) is 0 Å². The molecule has 136 valence electrons. The van der Waals surface area contributed by atoms with Crippen molar-refractivity contribution in [1.29, 1.82) is 0 Å². The van der Waals surface area contributed by atoms with E-state index >= 15 is 0 Å². The first-order valence-corrected chi connectivity index (χ1v) is 9.41. The molecule has 6 heteroatoms. The molecule has 0 fully saturated rings. The third kappa shape index (κ3) is 4.90. The molecule has 1 atom stereocenters. The van der Waals surface area contributed by atoms with Crippen molar-refractivity contribution in [2.75, 3.05) is 5.32 Å². The van der Waals surface area contributed by atoms with Crippen molar-refractivity contribution in [3.05, 3.63) is 95.0 Å². The van der Waals surface area contributed by atoms with Crippen LogP contribution in [0.5, 0.6) is 0 Å². The summed E-state index contributed by atoms with van der Waals surface area (Å²) in [6.45, 7) is 0. The molecule has 2 N–H and O–H groups in total. The van der Waals surface area contributed by atoms with Gasteiger partial charge in [0.25, 0.3) is 5.91 Å². The summed E-state index contributed by atoms with van der Waals surface area (Å²) >= 11 is 7.29. The second-order valence-electron chi connectivity index (χ2n) is 5.70. The van der Waals surface area contributed by atoms with Gasteiger partial charge in [-0.25, -0.2) is 0 Å². The third-order valence-corrected chi connectivity index (χ3v) is 5.27. The molecule has 0 aliphatic heterocycles. The van der Waals surface area contributed by atoms with E-state index in [0.29, 0.717) is 21.8 Å². The van der Waals surface area contributed by atoms with Crippen molar-refractivity contribution in [1.82, 2.24) is 0 Å². The van der Waals surface area contributed by atoms with Crippen molar-refractivity contribution in [3.8, 4) is 0 Å². The number of aliphatic carboxylic acids is 1. The van der Waals surface area contributed by atoms with Crippen LogP contribution < -0.4 is 5.32 Å². The molecule has 4 nitrogen and oxygen atoms in total. The van der Waals surface area contributed by atoms with Gasteiger partial charge in [0, 0.05) is 26.7 Å². The first kappa shape index (κ1) is 19.0. The highest BCUT2D eigenvalue weighted by molar-refractivity contribution is 8.00. The number of thioether (sulfide) groups is 1. The highest BCUT2D eigenvalue weighted by Crippen LogP contribution is 2.40. The average Bonchev–Trinajstić information content (AvgIpc) is 2.69. The molecule has 0 saturated carbocycles. The van der Waals surface area contributed by atoms with Gasteiger partial charge in [-0.2, -0.15) is 0 Å². The van der Waals surface area contributed by atoms with Gasteiger partial charge in [0.05, 0.1) is 0 Å². The fourth-order valence-electron chi connectivity index (χ4n) is 2.53. The summed E-state index contributed by atoms with van der Waals surface area (Å²) in [7, 11) is 0. The summed E-state index contributed by atoms with van der Waals surface area (Å²) in [4.78, 5) is 25.3. The number of carbonyl (C=O) groups is 2. The zero-order chi connectivity index (χ0) is 19.2. The summed E-state index contributed by atoms with van der Waals surface area (Å²) in [5.74, 6) is -1.32. The van der Waals surface area contributed by atoms with Crippen molar-refractivity contribution >= 4 is 40.9 Å². The Morgan fingerprint density at radius 3 is 2.19 bits per heavy atom. The molecule has 0 bridgehead atoms. The van der Waals surface area contributed by atoms with E-state index in [-0.39, 0.29) is 5.91 Å². The minimum atomic E-state index is -1.01. The van der Waals surface area contributed by atoms with Gasteiger partial charge in [-0.3, -0.25) is 9.59 Å². The Labute approximate surface area is 166 Å². The fourth-order valence-corrected chi connectivity index (χ4v) is 3.72. The topological polar surface area (TPSA) is 66.4 Å². The van der Waals surface area contributed by atoms with Crippen LogP contribution in [0.15, 0.2) is 83.8 Å². The standard InChI is InChI=1S/C21H16ClNO3S/c22-15-11-12-18(23-20(24)14-7-3-1-4-8-14)17(13-15)19(21(25)26)27-16-9-5-2-6-10-16/h1-13,19H,(H,23,24)(H,25,26). The first-order chi connectivity index (χ1) is 13.0. The number of hydrogen-bond donors (Lipinski definition) is 2. The van der Waals surface area contributed by atoms with Crippen LogP contribution in [-0.4, -0.2) is 17.0 Å². The summed E-state index contributed by atoms with van der Waals surface area (Å²) < 4.78 is 0. The zero-order valence-corrected chi connectivity index (χ0v) is 15.7. The van der Waals surface area contributed by atoms with E-state index in [1.54, 1.807) is 42.5 Å². The number of carboxylic acids is 1. The maximum absolute atomic E-state index is 12.5. The van der Waals surface area contributed by atoms with Gasteiger partial charge in [-0.05, 0) is 42.5 Å². The molecule has 0 aromatic heterocycles. The van der Waals surface area contributed by atoms with Crippen LogP contribution >= 0.6 is 23.4 Å². The van der Waals surface area contributed by atoms with Crippen molar-refractivity contribution in [3.63, 3.8) is 0 Å². The van der Waals surface area contributed by atoms with E-state index in [0.717, 1.165) is 4.90 Å². The Hall–Kier alpha value is -2.76. The van der Waals surface area contributed by atoms with Gasteiger partial charge >= 0.3 is 5.97 Å². The average molecular weight is 398 g/mol. The van der Waals surface area contributed by atoms with Crippen molar-refractivity contribution in [2.24, 2.45) is 0 Å². The number of anilines is 1. The quantitative estimate of drug-likeness (QED) is 0.538. The van der Waals surface area contributed by atoms with Gasteiger partial charge in [0.2, 0.25) is 0 Å². The first-order valence-electron chi connectivity index (χ1n) is 8.15. The van der Waals surface area contributed by atoms with Crippen molar-refractivity contribution < 1.29 is 14.7 Å². The lowest BCUT2D eigenvalue weighted by atomic mass is 10.1. The smallest absolute Gasteiger partial charge is 0.321 e. The lowest BCUT2D eigenvalue weighted by molar-refractivity contribution is -0.136. The number of nitrogens with one attached hydrogen (secondary N) is 1. The molecule has 0 spiro atoms. The Kier molecular flexibility index (Phi) is 6.16. The lowest BCUT2D eigenvalue weighted by Gasteiger charge is -2.18. The monoisotopic (exact) mass is 397 g/mol. The molecule has 27 heavy (non-hydrogen) atoms. The van der Waals surface area contributed by atoms with Crippen molar-refractivity contribution in [2.45, 2.75) is 10.1 Å². The maximum Gasteiger partial charge on any atom is 0.321 e. The summed E-state index contributed by atoms with van der Waals surface area (Å²) in [5, 5.41) is 12.1. The van der Waals surface area contributed by atoms with Crippen LogP contribution in [0.2, 0.25) is 5.02 Å². The van der Waals surface area contributed by atoms with Crippen LogP contribution in [-0.2, 0) is 4.79 Å². The Morgan fingerprint density at radius 2 is 1.56 bits per heavy atom. The fraction of sp³-hybridized carbons (Fsp3) is 0.0476. The third-order valence-electron chi connectivity index (χ3n) is 3.80. The second kappa shape index (κ2) is 8.75. The van der Waals surface area contributed by atoms with E-state index in [9.17, 15) is 14.7 Å². The van der Waals surface area contributed by atoms with Crippen LogP contribution in [0, 0.1) is 0 Å². The number of hydrogen-bond acceptors (Lipinski definition) is 3. The molecule has 1 amide bonds. The number of rotatable bonds is 6. The van der Waals surface area contributed by atoms with E-state index in [4.69, 9.17) is 11.6 Å². The van der Waals surface area contributed by atoms with E-state index < -0.39 is 11.2 Å². The molecular formula is C21H16ClNO3S. The number of carbonyl (C=O) groups excluding carboxylic acids is 1.